The van der Waals surface area contributed by atoms with Gasteiger partial charge < -0.3 is 4.52 Å². The molecule has 2 aliphatic heterocycles. The molecule has 1 atom stereocenters. The van der Waals surface area contributed by atoms with Crippen molar-refractivity contribution in [3.8, 4) is 5.69 Å². The van der Waals surface area contributed by atoms with Crippen LogP contribution in [0.15, 0.2) is 46.3 Å². The minimum atomic E-state index is -0.161. The Hall–Kier alpha value is -3.16. The first kappa shape index (κ1) is 13.3. The van der Waals surface area contributed by atoms with Gasteiger partial charge in [0, 0.05) is 11.5 Å². The molecule has 0 spiro atoms. The molecule has 2 aromatic heterocycles. The van der Waals surface area contributed by atoms with E-state index < -0.39 is 0 Å². The predicted molar refractivity (Wildman–Crippen MR) is 88.1 cm³/mol. The molecule has 4 heterocycles. The largest absolute Gasteiger partial charge is 0.337 e. The average molecular weight is 321 g/mol. The molecule has 2 aliphatic rings. The van der Waals surface area contributed by atoms with E-state index in [-0.39, 0.29) is 12.1 Å². The van der Waals surface area contributed by atoms with E-state index in [1.807, 2.05) is 46.8 Å². The molecule has 0 radical (unpaired) electrons. The van der Waals surface area contributed by atoms with Crippen LogP contribution in [-0.4, -0.2) is 26.0 Å². The van der Waals surface area contributed by atoms with Crippen LogP contribution < -0.4 is 10.0 Å². The number of para-hydroxylation sites is 1. The van der Waals surface area contributed by atoms with Gasteiger partial charge in [-0.1, -0.05) is 32.0 Å². The fourth-order valence-electron chi connectivity index (χ4n) is 3.08. The summed E-state index contributed by atoms with van der Waals surface area (Å²) in [6.07, 6.45) is 5.19. The average Bonchev–Trinajstić information content (AvgIpc) is 3.32. The highest BCUT2D eigenvalue weighted by Gasteiger charge is 2.39. The number of hydrazine groups is 1. The molecule has 0 bridgehead atoms. The zero-order valence-corrected chi connectivity index (χ0v) is 13.2. The Bertz CT molecular complexity index is 941. The molecule has 8 heteroatoms. The smallest absolute Gasteiger partial charge is 0.290 e. The van der Waals surface area contributed by atoms with Crippen molar-refractivity contribution in [1.29, 1.82) is 0 Å². The Labute approximate surface area is 138 Å². The highest BCUT2D eigenvalue weighted by Crippen LogP contribution is 2.42. The van der Waals surface area contributed by atoms with Gasteiger partial charge in [-0.3, -0.25) is 4.57 Å². The molecule has 0 saturated carbocycles. The second-order valence-electron chi connectivity index (χ2n) is 6.10. The van der Waals surface area contributed by atoms with Crippen molar-refractivity contribution in [2.24, 2.45) is 4.99 Å². The summed E-state index contributed by atoms with van der Waals surface area (Å²) in [6.45, 7) is 4.04. The minimum Gasteiger partial charge on any atom is -0.337 e. The molecule has 1 unspecified atom stereocenters. The van der Waals surface area contributed by atoms with Crippen LogP contribution in [0.25, 0.3) is 5.69 Å². The van der Waals surface area contributed by atoms with Gasteiger partial charge in [0.15, 0.2) is 12.0 Å². The minimum absolute atomic E-state index is 0.161. The van der Waals surface area contributed by atoms with Gasteiger partial charge in [0.05, 0.1) is 11.9 Å². The standard InChI is InChI=1S/C16H15N7O/c1-10(2)15-19-16(20-24-15)22-9-18-14-11-5-3-4-6-12(11)21-8-17-7-13(21)23(14)22/h3-10,14H,1-2H3. The fourth-order valence-corrected chi connectivity index (χ4v) is 3.08. The molecule has 0 aliphatic carbocycles. The van der Waals surface area contributed by atoms with Crippen LogP contribution in [0.2, 0.25) is 0 Å². The molecule has 3 aromatic rings. The van der Waals surface area contributed by atoms with Crippen LogP contribution in [0, 0.1) is 0 Å². The Balaban J connectivity index is 1.63. The molecule has 5 rings (SSSR count). The summed E-state index contributed by atoms with van der Waals surface area (Å²) < 4.78 is 7.38. The first-order chi connectivity index (χ1) is 11.7. The van der Waals surface area contributed by atoms with Gasteiger partial charge in [-0.05, 0) is 11.2 Å². The van der Waals surface area contributed by atoms with Crippen LogP contribution in [-0.2, 0) is 0 Å². The number of rotatable bonds is 2. The first-order valence-electron chi connectivity index (χ1n) is 7.81. The van der Waals surface area contributed by atoms with Crippen LogP contribution in [0.1, 0.15) is 37.4 Å². The summed E-state index contributed by atoms with van der Waals surface area (Å²) in [5, 5.41) is 7.93. The van der Waals surface area contributed by atoms with Crippen molar-refractivity contribution >= 4 is 18.1 Å². The van der Waals surface area contributed by atoms with Crippen LogP contribution >= 0.6 is 0 Å². The number of aromatic nitrogens is 4. The van der Waals surface area contributed by atoms with Gasteiger partial charge in [-0.25, -0.2) is 20.0 Å². The van der Waals surface area contributed by atoms with Gasteiger partial charge in [0.25, 0.3) is 5.95 Å². The van der Waals surface area contributed by atoms with Crippen molar-refractivity contribution in [3.05, 3.63) is 48.2 Å². The Morgan fingerprint density at radius 3 is 2.92 bits per heavy atom. The van der Waals surface area contributed by atoms with E-state index in [1.54, 1.807) is 12.7 Å². The molecular formula is C16H15N7O. The van der Waals surface area contributed by atoms with Gasteiger partial charge in [-0.2, -0.15) is 4.98 Å². The summed E-state index contributed by atoms with van der Waals surface area (Å²) in [5.41, 5.74) is 2.19. The number of hydrogen-bond donors (Lipinski definition) is 0. The van der Waals surface area contributed by atoms with E-state index in [2.05, 4.69) is 32.2 Å². The molecule has 8 nitrogen and oxygen atoms in total. The van der Waals surface area contributed by atoms with E-state index in [4.69, 9.17) is 4.52 Å². The quantitative estimate of drug-likeness (QED) is 0.722. The monoisotopic (exact) mass is 321 g/mol. The maximum Gasteiger partial charge on any atom is 0.290 e. The molecule has 1 aromatic carbocycles. The van der Waals surface area contributed by atoms with E-state index in [1.165, 1.54) is 0 Å². The van der Waals surface area contributed by atoms with Crippen molar-refractivity contribution < 1.29 is 4.52 Å². The molecule has 0 fully saturated rings. The highest BCUT2D eigenvalue weighted by molar-refractivity contribution is 5.85. The summed E-state index contributed by atoms with van der Waals surface area (Å²) in [6, 6.07) is 8.18. The van der Waals surface area contributed by atoms with Gasteiger partial charge >= 0.3 is 0 Å². The van der Waals surface area contributed by atoms with E-state index in [0.717, 1.165) is 17.1 Å². The summed E-state index contributed by atoms with van der Waals surface area (Å²) in [7, 11) is 0. The third-order valence-corrected chi connectivity index (χ3v) is 4.24. The fraction of sp³-hybridized carbons (Fsp3) is 0.250. The zero-order chi connectivity index (χ0) is 16.3. The Morgan fingerprint density at radius 2 is 2.08 bits per heavy atom. The Morgan fingerprint density at radius 1 is 1.21 bits per heavy atom. The summed E-state index contributed by atoms with van der Waals surface area (Å²) in [5.74, 6) is 2.16. The number of fused-ring (bicyclic) bond motifs is 6. The predicted octanol–water partition coefficient (Wildman–Crippen LogP) is 2.66. The van der Waals surface area contributed by atoms with Gasteiger partial charge in [0.1, 0.15) is 12.7 Å². The maximum atomic E-state index is 5.34. The molecular weight excluding hydrogens is 306 g/mol. The van der Waals surface area contributed by atoms with Crippen LogP contribution in [0.4, 0.5) is 11.8 Å². The van der Waals surface area contributed by atoms with E-state index >= 15 is 0 Å². The number of aliphatic imine (C=N–C) groups is 1. The summed E-state index contributed by atoms with van der Waals surface area (Å²) >= 11 is 0. The maximum absolute atomic E-state index is 5.34. The van der Waals surface area contributed by atoms with Crippen LogP contribution in [0.3, 0.4) is 0 Å². The third kappa shape index (κ3) is 1.67. The second kappa shape index (κ2) is 4.67. The molecule has 0 saturated heterocycles. The number of imidazole rings is 1. The lowest BCUT2D eigenvalue weighted by Crippen LogP contribution is -2.43. The van der Waals surface area contributed by atoms with Crippen molar-refractivity contribution in [3.63, 3.8) is 0 Å². The number of benzene rings is 1. The summed E-state index contributed by atoms with van der Waals surface area (Å²) in [4.78, 5) is 13.4. The zero-order valence-electron chi connectivity index (χ0n) is 13.2. The number of hydrogen-bond acceptors (Lipinski definition) is 7. The normalized spacial score (nSPS) is 18.0. The van der Waals surface area contributed by atoms with E-state index in [9.17, 15) is 0 Å². The van der Waals surface area contributed by atoms with Crippen molar-refractivity contribution in [1.82, 2.24) is 19.7 Å². The molecule has 24 heavy (non-hydrogen) atoms. The Kier molecular flexibility index (Phi) is 2.59. The lowest BCUT2D eigenvalue weighted by molar-refractivity contribution is 0.365. The number of anilines is 2. The SMILES string of the molecule is CC(C)c1nc(N2C=NC3c4ccccc4-n4cncc4N32)no1. The molecule has 120 valence electrons. The molecule has 0 amide bonds. The third-order valence-electron chi connectivity index (χ3n) is 4.24. The van der Waals surface area contributed by atoms with Crippen molar-refractivity contribution in [2.45, 2.75) is 25.9 Å². The van der Waals surface area contributed by atoms with E-state index in [0.29, 0.717) is 11.8 Å². The first-order valence-corrected chi connectivity index (χ1v) is 7.81. The van der Waals surface area contributed by atoms with Gasteiger partial charge in [-0.15, -0.1) is 0 Å². The lowest BCUT2D eigenvalue weighted by Gasteiger charge is -2.35. The van der Waals surface area contributed by atoms with Crippen molar-refractivity contribution in [2.75, 3.05) is 10.0 Å². The lowest BCUT2D eigenvalue weighted by atomic mass is 10.1. The number of nitrogens with zero attached hydrogens (tertiary/aromatic N) is 7. The topological polar surface area (TPSA) is 75.6 Å². The van der Waals surface area contributed by atoms with Gasteiger partial charge in [0.2, 0.25) is 5.89 Å². The second-order valence-corrected chi connectivity index (χ2v) is 6.10. The molecule has 0 N–H and O–H groups in total. The van der Waals surface area contributed by atoms with Crippen LogP contribution in [0.5, 0.6) is 0 Å². The highest BCUT2D eigenvalue weighted by atomic mass is 16.5.